The maximum Gasteiger partial charge on any atom is 0.264 e. The van der Waals surface area contributed by atoms with Gasteiger partial charge in [0, 0.05) is 75.5 Å². The van der Waals surface area contributed by atoms with Gasteiger partial charge in [0.25, 0.3) is 11.8 Å². The molecule has 3 aliphatic heterocycles. The molecule has 0 aliphatic carbocycles. The number of ether oxygens (including phenoxy) is 2. The van der Waals surface area contributed by atoms with Crippen LogP contribution in [0.5, 0.6) is 11.5 Å². The molecule has 1 saturated heterocycles. The standard InChI is InChI=1S/C43H45FN6O5/c1-27-35(43(53)50(31-9-11-34(51)12-10-31)32-20-29-13-14-46(2)41(29)45-24-32)22-39(47(27)3)36-23-40(54-4)38(44)21-37(36)42(52)49-25-30-8-6-5-7-28(30)19-33(49)26-48-15-17-55-18-16-48/h5-12,20-24,33,51H,13-19,25-26H2,1-4H3/t33-/m0/s1. The fourth-order valence-electron chi connectivity index (χ4n) is 8.14. The summed E-state index contributed by atoms with van der Waals surface area (Å²) < 4.78 is 28.6. The average molecular weight is 745 g/mol. The molecule has 55 heavy (non-hydrogen) atoms. The van der Waals surface area contributed by atoms with Crippen LogP contribution in [0.15, 0.2) is 79.0 Å². The maximum atomic E-state index is 15.7. The molecule has 0 unspecified atom stereocenters. The lowest BCUT2D eigenvalue weighted by molar-refractivity contribution is 0.0193. The Kier molecular flexibility index (Phi) is 9.79. The first kappa shape index (κ1) is 36.3. The molecule has 1 atom stereocenters. The molecule has 1 N–H and O–H groups in total. The predicted octanol–water partition coefficient (Wildman–Crippen LogP) is 6.12. The van der Waals surface area contributed by atoms with Crippen LogP contribution in [0.25, 0.3) is 11.3 Å². The van der Waals surface area contributed by atoms with E-state index in [1.54, 1.807) is 47.5 Å². The van der Waals surface area contributed by atoms with Crippen molar-refractivity contribution in [3.05, 3.63) is 118 Å². The number of methoxy groups -OCH3 is 1. The molecule has 1 fully saturated rings. The molecule has 12 heteroatoms. The SMILES string of the molecule is COc1cc(-c2cc(C(=O)N(c3ccc(O)cc3)c3cnc4c(c3)CCN4C)c(C)n2C)c(C(=O)N2Cc3ccccc3C[C@H]2CN2CCOCC2)cc1F. The largest absolute Gasteiger partial charge is 0.508 e. The number of hydrogen-bond donors (Lipinski definition) is 1. The third-order valence-corrected chi connectivity index (χ3v) is 11.3. The highest BCUT2D eigenvalue weighted by Gasteiger charge is 2.35. The Labute approximate surface area is 320 Å². The molecule has 5 aromatic rings. The van der Waals surface area contributed by atoms with E-state index >= 15 is 4.39 Å². The van der Waals surface area contributed by atoms with Gasteiger partial charge in [-0.2, -0.15) is 0 Å². The van der Waals surface area contributed by atoms with E-state index in [2.05, 4.69) is 15.9 Å². The summed E-state index contributed by atoms with van der Waals surface area (Å²) in [6, 6.07) is 21.1. The summed E-state index contributed by atoms with van der Waals surface area (Å²) in [5.41, 5.74) is 6.69. The molecule has 2 amide bonds. The number of amides is 2. The number of carbonyl (C=O) groups is 2. The van der Waals surface area contributed by atoms with E-state index < -0.39 is 5.82 Å². The Hall–Kier alpha value is -5.72. The minimum Gasteiger partial charge on any atom is -0.508 e. The van der Waals surface area contributed by atoms with Gasteiger partial charge in [-0.1, -0.05) is 24.3 Å². The number of benzene rings is 3. The third kappa shape index (κ3) is 6.80. The summed E-state index contributed by atoms with van der Waals surface area (Å²) in [6.45, 7) is 6.58. The van der Waals surface area contributed by atoms with Crippen molar-refractivity contribution < 1.29 is 28.6 Å². The number of likely N-dealkylation sites (N-methyl/N-ethyl adjacent to an activating group) is 1. The van der Waals surface area contributed by atoms with E-state index in [9.17, 15) is 14.7 Å². The molecule has 3 aromatic carbocycles. The molecule has 3 aliphatic rings. The van der Waals surface area contributed by atoms with Crippen molar-refractivity contribution in [2.75, 3.05) is 63.4 Å². The van der Waals surface area contributed by atoms with Crippen molar-refractivity contribution in [1.82, 2.24) is 19.4 Å². The Morgan fingerprint density at radius 1 is 0.945 bits per heavy atom. The van der Waals surface area contributed by atoms with Gasteiger partial charge in [-0.3, -0.25) is 19.4 Å². The van der Waals surface area contributed by atoms with Crippen LogP contribution in [0.3, 0.4) is 0 Å². The first-order valence-electron chi connectivity index (χ1n) is 18.7. The average Bonchev–Trinajstić information content (AvgIpc) is 3.72. The second kappa shape index (κ2) is 14.8. The molecule has 11 nitrogen and oxygen atoms in total. The van der Waals surface area contributed by atoms with Gasteiger partial charge in [0.1, 0.15) is 11.6 Å². The highest BCUT2D eigenvalue weighted by atomic mass is 19.1. The van der Waals surface area contributed by atoms with E-state index in [-0.39, 0.29) is 34.9 Å². The fraction of sp³-hybridized carbons (Fsp3) is 0.326. The first-order chi connectivity index (χ1) is 26.6. The Morgan fingerprint density at radius 3 is 2.44 bits per heavy atom. The van der Waals surface area contributed by atoms with Crippen molar-refractivity contribution in [3.8, 4) is 22.8 Å². The number of nitrogens with zero attached hydrogens (tertiary/aromatic N) is 6. The molecule has 0 saturated carbocycles. The van der Waals surface area contributed by atoms with Crippen LogP contribution in [-0.4, -0.2) is 95.9 Å². The van der Waals surface area contributed by atoms with Crippen molar-refractivity contribution in [2.45, 2.75) is 32.4 Å². The molecule has 284 valence electrons. The fourth-order valence-corrected chi connectivity index (χ4v) is 8.14. The van der Waals surface area contributed by atoms with Gasteiger partial charge in [-0.25, -0.2) is 9.37 Å². The summed E-state index contributed by atoms with van der Waals surface area (Å²) in [5, 5.41) is 10.1. The lowest BCUT2D eigenvalue weighted by Crippen LogP contribution is -2.52. The van der Waals surface area contributed by atoms with Gasteiger partial charge >= 0.3 is 0 Å². The molecular formula is C43H45FN6O5. The quantitative estimate of drug-likeness (QED) is 0.203. The van der Waals surface area contributed by atoms with Crippen molar-refractivity contribution in [1.29, 1.82) is 0 Å². The molecule has 8 rings (SSSR count). The Balaban J connectivity index is 1.21. The minimum atomic E-state index is -0.646. The zero-order chi connectivity index (χ0) is 38.4. The van der Waals surface area contributed by atoms with Gasteiger partial charge in [0.15, 0.2) is 11.6 Å². The number of morpholine rings is 1. The van der Waals surface area contributed by atoms with Crippen LogP contribution in [0.4, 0.5) is 21.6 Å². The van der Waals surface area contributed by atoms with Crippen molar-refractivity contribution >= 4 is 29.0 Å². The topological polar surface area (TPSA) is 104 Å². The molecular weight excluding hydrogens is 700 g/mol. The highest BCUT2D eigenvalue weighted by molar-refractivity contribution is 6.12. The summed E-state index contributed by atoms with van der Waals surface area (Å²) in [7, 11) is 5.22. The monoisotopic (exact) mass is 744 g/mol. The third-order valence-electron chi connectivity index (χ3n) is 11.3. The van der Waals surface area contributed by atoms with Crippen LogP contribution >= 0.6 is 0 Å². The van der Waals surface area contributed by atoms with Crippen LogP contribution in [-0.2, 0) is 31.2 Å². The van der Waals surface area contributed by atoms with E-state index in [0.717, 1.165) is 43.0 Å². The minimum absolute atomic E-state index is 0.00737. The second-order valence-electron chi connectivity index (χ2n) is 14.6. The first-order valence-corrected chi connectivity index (χ1v) is 18.7. The Morgan fingerprint density at radius 2 is 1.69 bits per heavy atom. The Bertz CT molecular complexity index is 2270. The van der Waals surface area contributed by atoms with E-state index in [4.69, 9.17) is 14.5 Å². The number of anilines is 3. The molecule has 0 radical (unpaired) electrons. The van der Waals surface area contributed by atoms with Gasteiger partial charge < -0.3 is 28.9 Å². The number of fused-ring (bicyclic) bond motifs is 2. The number of carbonyl (C=O) groups excluding carboxylic acids is 2. The molecule has 2 aromatic heterocycles. The van der Waals surface area contributed by atoms with Gasteiger partial charge in [0.2, 0.25) is 0 Å². The van der Waals surface area contributed by atoms with Gasteiger partial charge in [-0.15, -0.1) is 0 Å². The number of halogens is 1. The summed E-state index contributed by atoms with van der Waals surface area (Å²) in [6.07, 6.45) is 3.17. The summed E-state index contributed by atoms with van der Waals surface area (Å²) in [4.78, 5) is 42.4. The summed E-state index contributed by atoms with van der Waals surface area (Å²) in [5.74, 6) is -0.310. The second-order valence-corrected chi connectivity index (χ2v) is 14.6. The smallest absolute Gasteiger partial charge is 0.264 e. The number of phenolic OH excluding ortho intramolecular Hbond substituents is 1. The normalized spacial score (nSPS) is 16.9. The molecule has 0 bridgehead atoms. The zero-order valence-corrected chi connectivity index (χ0v) is 31.6. The van der Waals surface area contributed by atoms with Crippen LogP contribution in [0, 0.1) is 12.7 Å². The van der Waals surface area contributed by atoms with Crippen LogP contribution in [0.2, 0.25) is 0 Å². The van der Waals surface area contributed by atoms with Gasteiger partial charge in [-0.05, 0) is 85.0 Å². The lowest BCUT2D eigenvalue weighted by Gasteiger charge is -2.40. The number of hydrogen-bond acceptors (Lipinski definition) is 8. The van der Waals surface area contributed by atoms with Crippen molar-refractivity contribution in [3.63, 3.8) is 0 Å². The molecule has 0 spiro atoms. The number of phenols is 1. The van der Waals surface area contributed by atoms with E-state index in [1.807, 2.05) is 54.8 Å². The highest BCUT2D eigenvalue weighted by Crippen LogP contribution is 2.38. The molecule has 5 heterocycles. The zero-order valence-electron chi connectivity index (χ0n) is 31.6. The number of aromatic hydroxyl groups is 1. The lowest BCUT2D eigenvalue weighted by atomic mass is 9.92. The van der Waals surface area contributed by atoms with E-state index in [0.29, 0.717) is 66.6 Å². The summed E-state index contributed by atoms with van der Waals surface area (Å²) >= 11 is 0. The van der Waals surface area contributed by atoms with Gasteiger partial charge in [0.05, 0.1) is 43.3 Å². The number of aromatic nitrogens is 2. The number of pyridine rings is 1. The van der Waals surface area contributed by atoms with Crippen LogP contribution < -0.4 is 14.5 Å². The van der Waals surface area contributed by atoms with Crippen molar-refractivity contribution in [2.24, 2.45) is 7.05 Å². The maximum absolute atomic E-state index is 15.7. The predicted molar refractivity (Wildman–Crippen MR) is 209 cm³/mol. The number of rotatable bonds is 8. The van der Waals surface area contributed by atoms with E-state index in [1.165, 1.54) is 18.7 Å². The van der Waals surface area contributed by atoms with Crippen LogP contribution in [0.1, 0.15) is 43.1 Å².